The predicted molar refractivity (Wildman–Crippen MR) is 105 cm³/mol. The highest BCUT2D eigenvalue weighted by atomic mass is 19.1. The molecule has 2 aliphatic rings. The Morgan fingerprint density at radius 2 is 1.79 bits per heavy atom. The molecule has 0 radical (unpaired) electrons. The summed E-state index contributed by atoms with van der Waals surface area (Å²) >= 11 is 0. The van der Waals surface area contributed by atoms with Gasteiger partial charge in [-0.25, -0.2) is 8.78 Å². The van der Waals surface area contributed by atoms with Crippen LogP contribution in [0.5, 0.6) is 0 Å². The maximum atomic E-state index is 14.7. The lowest BCUT2D eigenvalue weighted by Crippen LogP contribution is -2.57. The molecule has 2 aromatic carbocycles. The molecule has 1 N–H and O–H groups in total. The summed E-state index contributed by atoms with van der Waals surface area (Å²) in [5, 5.41) is 3.05. The fourth-order valence-corrected chi connectivity index (χ4v) is 4.08. The number of hydrogen-bond acceptors (Lipinski definition) is 3. The zero-order chi connectivity index (χ0) is 20.4. The van der Waals surface area contributed by atoms with Crippen LogP contribution in [-0.4, -0.2) is 60.4 Å². The van der Waals surface area contributed by atoms with Crippen LogP contribution in [0, 0.1) is 11.6 Å². The van der Waals surface area contributed by atoms with Crippen LogP contribution in [0.3, 0.4) is 0 Å². The number of hydrogen-bond donors (Lipinski definition) is 1. The molecule has 4 rings (SSSR count). The van der Waals surface area contributed by atoms with Crippen LogP contribution in [0.1, 0.15) is 23.2 Å². The van der Waals surface area contributed by atoms with Crippen molar-refractivity contribution in [2.45, 2.75) is 18.9 Å². The van der Waals surface area contributed by atoms with Gasteiger partial charge in [-0.15, -0.1) is 0 Å². The Labute approximate surface area is 168 Å². The fraction of sp³-hybridized carbons (Fsp3) is 0.364. The third kappa shape index (κ3) is 4.15. The normalized spacial score (nSPS) is 20.1. The summed E-state index contributed by atoms with van der Waals surface area (Å²) in [5.74, 6) is -1.27. The minimum absolute atomic E-state index is 0.0168. The Kier molecular flexibility index (Phi) is 5.58. The fourth-order valence-electron chi connectivity index (χ4n) is 4.08. The van der Waals surface area contributed by atoms with Gasteiger partial charge in [-0.05, 0) is 48.2 Å². The van der Waals surface area contributed by atoms with Crippen LogP contribution in [0.4, 0.5) is 8.78 Å². The first-order chi connectivity index (χ1) is 14.0. The van der Waals surface area contributed by atoms with Gasteiger partial charge in [-0.2, -0.15) is 0 Å². The van der Waals surface area contributed by atoms with Crippen molar-refractivity contribution in [3.63, 3.8) is 0 Å². The van der Waals surface area contributed by atoms with E-state index in [1.54, 1.807) is 23.1 Å². The highest BCUT2D eigenvalue weighted by Gasteiger charge is 2.32. The monoisotopic (exact) mass is 399 g/mol. The van der Waals surface area contributed by atoms with Crippen molar-refractivity contribution in [3.8, 4) is 11.1 Å². The van der Waals surface area contributed by atoms with E-state index in [1.165, 1.54) is 24.3 Å². The summed E-state index contributed by atoms with van der Waals surface area (Å²) in [6, 6.07) is 10.2. The number of likely N-dealkylation sites (tertiary alicyclic amines) is 1. The molecule has 0 aliphatic carbocycles. The van der Waals surface area contributed by atoms with Crippen LogP contribution >= 0.6 is 0 Å². The zero-order valence-corrected chi connectivity index (χ0v) is 16.0. The molecule has 2 aliphatic heterocycles. The molecule has 1 atom stereocenters. The Morgan fingerprint density at radius 1 is 1.03 bits per heavy atom. The molecule has 2 fully saturated rings. The van der Waals surface area contributed by atoms with E-state index in [0.29, 0.717) is 37.3 Å². The topological polar surface area (TPSA) is 52.7 Å². The van der Waals surface area contributed by atoms with Crippen molar-refractivity contribution in [1.29, 1.82) is 0 Å². The van der Waals surface area contributed by atoms with Gasteiger partial charge in [-0.1, -0.05) is 18.2 Å². The van der Waals surface area contributed by atoms with E-state index in [0.717, 1.165) is 19.4 Å². The Balaban J connectivity index is 1.50. The molecule has 152 valence electrons. The Hall–Kier alpha value is -2.80. The first-order valence-corrected chi connectivity index (χ1v) is 9.88. The van der Waals surface area contributed by atoms with E-state index in [1.807, 2.05) is 4.90 Å². The van der Waals surface area contributed by atoms with Crippen molar-refractivity contribution in [2.24, 2.45) is 0 Å². The van der Waals surface area contributed by atoms with E-state index in [2.05, 4.69) is 5.32 Å². The lowest BCUT2D eigenvalue weighted by molar-refractivity contribution is -0.135. The van der Waals surface area contributed by atoms with Gasteiger partial charge in [0.2, 0.25) is 5.91 Å². The van der Waals surface area contributed by atoms with Gasteiger partial charge in [0.15, 0.2) is 0 Å². The molecule has 5 nitrogen and oxygen atoms in total. The van der Waals surface area contributed by atoms with Crippen molar-refractivity contribution < 1.29 is 18.4 Å². The number of benzene rings is 2. The van der Waals surface area contributed by atoms with E-state index in [9.17, 15) is 18.4 Å². The van der Waals surface area contributed by atoms with E-state index in [-0.39, 0.29) is 29.2 Å². The molecule has 0 aromatic heterocycles. The highest BCUT2D eigenvalue weighted by molar-refractivity contribution is 5.95. The molecular formula is C22H23F2N3O2. The van der Waals surface area contributed by atoms with Gasteiger partial charge in [0.25, 0.3) is 5.91 Å². The lowest BCUT2D eigenvalue weighted by atomic mass is 10.00. The number of halogens is 2. The number of rotatable bonds is 3. The van der Waals surface area contributed by atoms with Gasteiger partial charge in [-0.3, -0.25) is 9.59 Å². The summed E-state index contributed by atoms with van der Waals surface area (Å²) in [6.45, 7) is 2.67. The van der Waals surface area contributed by atoms with Crippen molar-refractivity contribution in [1.82, 2.24) is 15.1 Å². The molecular weight excluding hydrogens is 376 g/mol. The van der Waals surface area contributed by atoms with Gasteiger partial charge in [0, 0.05) is 32.2 Å². The molecule has 29 heavy (non-hydrogen) atoms. The summed E-state index contributed by atoms with van der Waals surface area (Å²) in [7, 11) is 0. The lowest BCUT2D eigenvalue weighted by Gasteiger charge is -2.41. The maximum Gasteiger partial charge on any atom is 0.256 e. The van der Waals surface area contributed by atoms with Gasteiger partial charge >= 0.3 is 0 Å². The summed E-state index contributed by atoms with van der Waals surface area (Å²) in [4.78, 5) is 28.6. The second kappa shape index (κ2) is 8.29. The number of carbonyl (C=O) groups excluding carboxylic acids is 2. The standard InChI is InChI=1S/C22H23F2N3O2/c23-17-6-3-15(4-7-17)16-5-8-19(20(24)12-16)22(29)26-10-1-2-18(14-26)27-11-9-25-13-21(27)28/h3-8,12,18,25H,1-2,9-11,13-14H2. The van der Waals surface area contributed by atoms with Crippen LogP contribution in [0.25, 0.3) is 11.1 Å². The first kappa shape index (κ1) is 19.5. The third-order valence-corrected chi connectivity index (χ3v) is 5.63. The van der Waals surface area contributed by atoms with Crippen molar-refractivity contribution >= 4 is 11.8 Å². The molecule has 2 aromatic rings. The average Bonchev–Trinajstić information content (AvgIpc) is 2.74. The quantitative estimate of drug-likeness (QED) is 0.864. The second-order valence-electron chi connectivity index (χ2n) is 7.51. The molecule has 0 saturated carbocycles. The van der Waals surface area contributed by atoms with Crippen molar-refractivity contribution in [2.75, 3.05) is 32.7 Å². The molecule has 2 heterocycles. The van der Waals surface area contributed by atoms with Crippen LogP contribution in [0.15, 0.2) is 42.5 Å². The van der Waals surface area contributed by atoms with Crippen LogP contribution < -0.4 is 5.32 Å². The second-order valence-corrected chi connectivity index (χ2v) is 7.51. The number of nitrogens with zero attached hydrogens (tertiary/aromatic N) is 2. The molecule has 1 unspecified atom stereocenters. The molecule has 2 saturated heterocycles. The Bertz CT molecular complexity index is 917. The van der Waals surface area contributed by atoms with Gasteiger partial charge in [0.05, 0.1) is 12.1 Å². The van der Waals surface area contributed by atoms with Crippen molar-refractivity contribution in [3.05, 3.63) is 59.7 Å². The largest absolute Gasteiger partial charge is 0.336 e. The highest BCUT2D eigenvalue weighted by Crippen LogP contribution is 2.25. The van der Waals surface area contributed by atoms with E-state index < -0.39 is 5.82 Å². The van der Waals surface area contributed by atoms with E-state index >= 15 is 0 Å². The first-order valence-electron chi connectivity index (χ1n) is 9.88. The average molecular weight is 399 g/mol. The Morgan fingerprint density at radius 3 is 2.52 bits per heavy atom. The molecule has 0 spiro atoms. The smallest absolute Gasteiger partial charge is 0.256 e. The minimum atomic E-state index is -0.600. The summed E-state index contributed by atoms with van der Waals surface area (Å²) in [5.41, 5.74) is 1.28. The SMILES string of the molecule is O=C(c1ccc(-c2ccc(F)cc2)cc1F)N1CCCC(N2CCNCC2=O)C1. The van der Waals surface area contributed by atoms with Gasteiger partial charge in [0.1, 0.15) is 11.6 Å². The maximum absolute atomic E-state index is 14.7. The zero-order valence-electron chi connectivity index (χ0n) is 16.0. The molecule has 2 amide bonds. The number of carbonyl (C=O) groups is 2. The predicted octanol–water partition coefficient (Wildman–Crippen LogP) is 2.67. The van der Waals surface area contributed by atoms with Gasteiger partial charge < -0.3 is 15.1 Å². The number of amides is 2. The number of nitrogens with one attached hydrogen (secondary N) is 1. The number of piperidine rings is 1. The van der Waals surface area contributed by atoms with Crippen LogP contribution in [0.2, 0.25) is 0 Å². The molecule has 7 heteroatoms. The van der Waals surface area contributed by atoms with Crippen LogP contribution in [-0.2, 0) is 4.79 Å². The third-order valence-electron chi connectivity index (χ3n) is 5.63. The van der Waals surface area contributed by atoms with E-state index in [4.69, 9.17) is 0 Å². The minimum Gasteiger partial charge on any atom is -0.336 e. The summed E-state index contributed by atoms with van der Waals surface area (Å²) in [6.07, 6.45) is 1.63. The number of piperazine rings is 1. The summed E-state index contributed by atoms with van der Waals surface area (Å²) < 4.78 is 27.8. The molecule has 0 bridgehead atoms.